The average Bonchev–Trinajstić information content (AvgIpc) is 3.22. The second kappa shape index (κ2) is 7.87. The van der Waals surface area contributed by atoms with Crippen molar-refractivity contribution in [3.05, 3.63) is 56.5 Å². The molecule has 2 aromatic heterocycles. The Morgan fingerprint density at radius 3 is 2.83 bits per heavy atom. The van der Waals surface area contributed by atoms with Crippen molar-refractivity contribution in [2.75, 3.05) is 13.7 Å². The minimum absolute atomic E-state index is 0.0827. The van der Waals surface area contributed by atoms with E-state index < -0.39 is 5.69 Å². The molecule has 7 nitrogen and oxygen atoms in total. The van der Waals surface area contributed by atoms with Crippen molar-refractivity contribution in [1.29, 1.82) is 0 Å². The van der Waals surface area contributed by atoms with Crippen molar-refractivity contribution < 1.29 is 9.53 Å². The number of likely N-dealkylation sites (tertiary alicyclic amines) is 1. The van der Waals surface area contributed by atoms with Crippen molar-refractivity contribution in [2.24, 2.45) is 0 Å². The number of benzene rings is 1. The molecule has 0 bridgehead atoms. The van der Waals surface area contributed by atoms with E-state index in [1.807, 2.05) is 11.8 Å². The van der Waals surface area contributed by atoms with Crippen LogP contribution in [0.15, 0.2) is 45.3 Å². The molecule has 1 aliphatic rings. The Kier molecular flexibility index (Phi) is 5.27. The molecule has 0 aliphatic carbocycles. The van der Waals surface area contributed by atoms with Crippen LogP contribution in [-0.2, 0) is 11.3 Å². The summed E-state index contributed by atoms with van der Waals surface area (Å²) in [6, 6.07) is 8.69. The van der Waals surface area contributed by atoms with Crippen molar-refractivity contribution >= 4 is 27.5 Å². The molecule has 1 aromatic carbocycles. The fourth-order valence-electron chi connectivity index (χ4n) is 3.91. The number of carbonyl (C=O) groups excluding carboxylic acids is 1. The number of nitrogens with zero attached hydrogens (tertiary/aromatic N) is 3. The third kappa shape index (κ3) is 3.48. The summed E-state index contributed by atoms with van der Waals surface area (Å²) in [5.41, 5.74) is 0.0137. The first-order chi connectivity index (χ1) is 14.0. The molecule has 0 N–H and O–H groups in total. The maximum atomic E-state index is 13.3. The lowest BCUT2D eigenvalue weighted by Crippen LogP contribution is -2.46. The third-order valence-corrected chi connectivity index (χ3v) is 6.37. The van der Waals surface area contributed by atoms with E-state index in [4.69, 9.17) is 4.74 Å². The van der Waals surface area contributed by atoms with Gasteiger partial charge in [0.1, 0.15) is 17.0 Å². The summed E-state index contributed by atoms with van der Waals surface area (Å²) in [5, 5.41) is 1.77. The Bertz CT molecular complexity index is 1180. The van der Waals surface area contributed by atoms with Gasteiger partial charge in [-0.25, -0.2) is 9.36 Å². The molecule has 1 amide bonds. The Morgan fingerprint density at radius 1 is 1.24 bits per heavy atom. The van der Waals surface area contributed by atoms with Gasteiger partial charge >= 0.3 is 5.69 Å². The number of ether oxygens (including phenoxy) is 1. The van der Waals surface area contributed by atoms with Gasteiger partial charge in [0.15, 0.2) is 0 Å². The molecular formula is C21H23N3O4S. The van der Waals surface area contributed by atoms with Gasteiger partial charge in [-0.3, -0.25) is 14.2 Å². The number of thiophene rings is 1. The Morgan fingerprint density at radius 2 is 2.07 bits per heavy atom. The first kappa shape index (κ1) is 19.4. The van der Waals surface area contributed by atoms with Crippen LogP contribution in [-0.4, -0.2) is 39.6 Å². The van der Waals surface area contributed by atoms with Gasteiger partial charge in [-0.1, -0.05) is 6.07 Å². The second-order valence-corrected chi connectivity index (χ2v) is 8.19. The molecule has 8 heteroatoms. The van der Waals surface area contributed by atoms with Crippen LogP contribution >= 0.6 is 11.3 Å². The van der Waals surface area contributed by atoms with Crippen LogP contribution in [0.4, 0.5) is 0 Å². The van der Waals surface area contributed by atoms with Gasteiger partial charge in [-0.2, -0.15) is 0 Å². The van der Waals surface area contributed by atoms with Crippen molar-refractivity contribution in [2.45, 2.75) is 38.8 Å². The minimum atomic E-state index is -0.521. The molecule has 3 aromatic rings. The molecule has 0 radical (unpaired) electrons. The van der Waals surface area contributed by atoms with Crippen LogP contribution in [0.3, 0.4) is 0 Å². The van der Waals surface area contributed by atoms with E-state index in [0.717, 1.165) is 23.8 Å². The van der Waals surface area contributed by atoms with Crippen molar-refractivity contribution in [1.82, 2.24) is 14.0 Å². The number of carbonyl (C=O) groups is 1. The van der Waals surface area contributed by atoms with Gasteiger partial charge in [-0.05, 0) is 49.8 Å². The number of hydrogen-bond acceptors (Lipinski definition) is 5. The van der Waals surface area contributed by atoms with Crippen molar-refractivity contribution in [3.63, 3.8) is 0 Å². The first-order valence-electron chi connectivity index (χ1n) is 9.68. The zero-order chi connectivity index (χ0) is 20.5. The number of amides is 1. The Labute approximate surface area is 171 Å². The van der Waals surface area contributed by atoms with Crippen LogP contribution in [0.25, 0.3) is 15.9 Å². The number of fused-ring (bicyclic) bond motifs is 1. The fourth-order valence-corrected chi connectivity index (χ4v) is 4.74. The highest BCUT2D eigenvalue weighted by Gasteiger charge is 2.25. The number of hydrogen-bond donors (Lipinski definition) is 0. The van der Waals surface area contributed by atoms with Crippen molar-refractivity contribution in [3.8, 4) is 11.4 Å². The maximum Gasteiger partial charge on any atom is 0.336 e. The first-order valence-corrected chi connectivity index (χ1v) is 10.6. The summed E-state index contributed by atoms with van der Waals surface area (Å²) in [5.74, 6) is 0.451. The molecule has 0 unspecified atom stereocenters. The average molecular weight is 413 g/mol. The molecule has 1 saturated heterocycles. The van der Waals surface area contributed by atoms with Crippen LogP contribution in [0.1, 0.15) is 26.2 Å². The summed E-state index contributed by atoms with van der Waals surface area (Å²) < 4.78 is 8.22. The molecular weight excluding hydrogens is 390 g/mol. The summed E-state index contributed by atoms with van der Waals surface area (Å²) in [6.07, 6.45) is 3.06. The summed E-state index contributed by atoms with van der Waals surface area (Å²) >= 11 is 1.27. The van der Waals surface area contributed by atoms with E-state index in [0.29, 0.717) is 28.2 Å². The lowest BCUT2D eigenvalue weighted by Gasteiger charge is -2.33. The largest absolute Gasteiger partial charge is 0.497 e. The van der Waals surface area contributed by atoms with Gasteiger partial charge in [0, 0.05) is 18.7 Å². The highest BCUT2D eigenvalue weighted by molar-refractivity contribution is 7.17. The molecule has 3 heterocycles. The van der Waals surface area contributed by atoms with Gasteiger partial charge in [0.2, 0.25) is 5.91 Å². The second-order valence-electron chi connectivity index (χ2n) is 7.28. The molecule has 1 fully saturated rings. The SMILES string of the molecule is COc1cccc(-n2c(=O)c3sccc3n(CC(=O)N3CCCC[C@@H]3C)c2=O)c1. The topological polar surface area (TPSA) is 73.5 Å². The predicted octanol–water partition coefficient (Wildman–Crippen LogP) is 2.62. The highest BCUT2D eigenvalue weighted by Crippen LogP contribution is 2.20. The van der Waals surface area contributed by atoms with Gasteiger partial charge < -0.3 is 9.64 Å². The number of piperidine rings is 1. The molecule has 0 saturated carbocycles. The van der Waals surface area contributed by atoms with Gasteiger partial charge in [-0.15, -0.1) is 11.3 Å². The lowest BCUT2D eigenvalue weighted by molar-refractivity contribution is -0.135. The Hall–Kier alpha value is -2.87. The summed E-state index contributed by atoms with van der Waals surface area (Å²) in [7, 11) is 1.53. The maximum absolute atomic E-state index is 13.3. The van der Waals surface area contributed by atoms with E-state index in [1.165, 1.54) is 23.0 Å². The summed E-state index contributed by atoms with van der Waals surface area (Å²) in [4.78, 5) is 41.2. The van der Waals surface area contributed by atoms with Crippen LogP contribution in [0.2, 0.25) is 0 Å². The standard InChI is InChI=1S/C21H23N3O4S/c1-14-6-3-4-10-22(14)18(25)13-23-17-9-11-29-19(17)20(26)24(21(23)27)15-7-5-8-16(12-15)28-2/h5,7-9,11-12,14H,3-4,6,10,13H2,1-2H3/t14-/m0/s1. The van der Waals surface area contributed by atoms with Gasteiger partial charge in [0.05, 0.1) is 18.3 Å². The molecule has 152 valence electrons. The lowest BCUT2D eigenvalue weighted by atomic mass is 10.0. The van der Waals surface area contributed by atoms with E-state index in [-0.39, 0.29) is 24.1 Å². The van der Waals surface area contributed by atoms with E-state index in [1.54, 1.807) is 35.7 Å². The fraction of sp³-hybridized carbons (Fsp3) is 0.381. The summed E-state index contributed by atoms with van der Waals surface area (Å²) in [6.45, 7) is 2.66. The number of methoxy groups -OCH3 is 1. The normalized spacial score (nSPS) is 16.9. The van der Waals surface area contributed by atoms with Crippen LogP contribution < -0.4 is 16.0 Å². The minimum Gasteiger partial charge on any atom is -0.497 e. The molecule has 1 aliphatic heterocycles. The third-order valence-electron chi connectivity index (χ3n) is 5.48. The highest BCUT2D eigenvalue weighted by atomic mass is 32.1. The quantitative estimate of drug-likeness (QED) is 0.659. The smallest absolute Gasteiger partial charge is 0.336 e. The van der Waals surface area contributed by atoms with Gasteiger partial charge in [0.25, 0.3) is 5.56 Å². The zero-order valence-corrected chi connectivity index (χ0v) is 17.3. The number of aromatic nitrogens is 2. The monoisotopic (exact) mass is 413 g/mol. The van der Waals surface area contributed by atoms with E-state index >= 15 is 0 Å². The molecule has 1 atom stereocenters. The number of rotatable bonds is 4. The van der Waals surface area contributed by atoms with Crippen LogP contribution in [0.5, 0.6) is 5.75 Å². The molecule has 4 rings (SSSR count). The van der Waals surface area contributed by atoms with E-state index in [9.17, 15) is 14.4 Å². The van der Waals surface area contributed by atoms with E-state index in [2.05, 4.69) is 0 Å². The molecule has 29 heavy (non-hydrogen) atoms. The molecule has 0 spiro atoms. The predicted molar refractivity (Wildman–Crippen MR) is 113 cm³/mol. The Balaban J connectivity index is 1.84. The zero-order valence-electron chi connectivity index (χ0n) is 16.5. The van der Waals surface area contributed by atoms with Crippen LogP contribution in [0, 0.1) is 0 Å².